The molecule has 0 radical (unpaired) electrons. The molecule has 0 spiro atoms. The molecule has 1 N–H and O–H groups in total. The number of ether oxygens (including phenoxy) is 1. The third kappa shape index (κ3) is 5.82. The lowest BCUT2D eigenvalue weighted by Crippen LogP contribution is -2.23. The number of benzene rings is 2. The zero-order valence-electron chi connectivity index (χ0n) is 15.4. The van der Waals surface area contributed by atoms with Crippen molar-refractivity contribution in [1.82, 2.24) is 0 Å². The maximum absolute atomic E-state index is 12.1. The van der Waals surface area contributed by atoms with Crippen molar-refractivity contribution in [3.05, 3.63) is 60.2 Å². The Bertz CT molecular complexity index is 637. The zero-order chi connectivity index (χ0) is 18.1. The van der Waals surface area contributed by atoms with Gasteiger partial charge in [-0.15, -0.1) is 0 Å². The Morgan fingerprint density at radius 3 is 2.28 bits per heavy atom. The van der Waals surface area contributed by atoms with Crippen LogP contribution in [0.15, 0.2) is 54.6 Å². The zero-order valence-corrected chi connectivity index (χ0v) is 15.4. The Morgan fingerprint density at radius 2 is 1.68 bits per heavy atom. The molecule has 4 nitrogen and oxygen atoms in total. The van der Waals surface area contributed by atoms with Crippen LogP contribution in [0.25, 0.3) is 0 Å². The van der Waals surface area contributed by atoms with E-state index in [2.05, 4.69) is 48.3 Å². The van der Waals surface area contributed by atoms with Gasteiger partial charge in [0, 0.05) is 31.0 Å². The van der Waals surface area contributed by atoms with Gasteiger partial charge in [0.25, 0.3) is 0 Å². The molecule has 2 rings (SSSR count). The normalized spacial score (nSPS) is 11.6. The minimum Gasteiger partial charge on any atom is -0.461 e. The molecule has 0 saturated carbocycles. The molecule has 2 aromatic carbocycles. The van der Waals surface area contributed by atoms with Gasteiger partial charge in [-0.1, -0.05) is 37.3 Å². The summed E-state index contributed by atoms with van der Waals surface area (Å²) in [5.41, 5.74) is 3.23. The van der Waals surface area contributed by atoms with Crippen LogP contribution in [-0.2, 0) is 16.1 Å². The molecule has 0 fully saturated rings. The van der Waals surface area contributed by atoms with E-state index in [1.54, 1.807) is 0 Å². The Kier molecular flexibility index (Phi) is 7.33. The van der Waals surface area contributed by atoms with Crippen molar-refractivity contribution in [1.29, 1.82) is 0 Å². The highest BCUT2D eigenvalue weighted by Crippen LogP contribution is 2.18. The number of hydrogen-bond donors (Lipinski definition) is 1. The molecule has 2 aromatic rings. The minimum atomic E-state index is -0.203. The molecular weight excluding hydrogens is 312 g/mol. The van der Waals surface area contributed by atoms with Crippen LogP contribution < -0.4 is 10.2 Å². The van der Waals surface area contributed by atoms with Gasteiger partial charge < -0.3 is 15.0 Å². The van der Waals surface area contributed by atoms with Gasteiger partial charge >= 0.3 is 5.97 Å². The van der Waals surface area contributed by atoms with Crippen molar-refractivity contribution in [3.63, 3.8) is 0 Å². The molecule has 0 aliphatic rings. The van der Waals surface area contributed by atoms with Crippen molar-refractivity contribution in [2.24, 2.45) is 5.92 Å². The lowest BCUT2D eigenvalue weighted by Gasteiger charge is -2.21. The van der Waals surface area contributed by atoms with Gasteiger partial charge in [0.2, 0.25) is 0 Å². The Balaban J connectivity index is 1.78. The van der Waals surface area contributed by atoms with E-state index >= 15 is 0 Å². The summed E-state index contributed by atoms with van der Waals surface area (Å²) >= 11 is 0. The lowest BCUT2D eigenvalue weighted by molar-refractivity contribution is -0.148. The summed E-state index contributed by atoms with van der Waals surface area (Å²) in [5, 5.41) is 3.31. The van der Waals surface area contributed by atoms with Crippen LogP contribution in [0.2, 0.25) is 0 Å². The fraction of sp³-hybridized carbons (Fsp3) is 0.381. The number of carbonyl (C=O) groups excluding carboxylic acids is 1. The van der Waals surface area contributed by atoms with Gasteiger partial charge in [0.1, 0.15) is 6.61 Å². The number of carbonyl (C=O) groups is 1. The third-order valence-electron chi connectivity index (χ3n) is 4.23. The molecule has 0 saturated heterocycles. The lowest BCUT2D eigenvalue weighted by atomic mass is 10.1. The van der Waals surface area contributed by atoms with Gasteiger partial charge in [-0.25, -0.2) is 0 Å². The number of hydrogen-bond acceptors (Lipinski definition) is 4. The van der Waals surface area contributed by atoms with E-state index < -0.39 is 0 Å². The average molecular weight is 340 g/mol. The second-order valence-corrected chi connectivity index (χ2v) is 6.09. The summed E-state index contributed by atoms with van der Waals surface area (Å²) in [6.07, 6.45) is 0. The van der Waals surface area contributed by atoms with Crippen LogP contribution in [-0.4, -0.2) is 25.6 Å². The molecule has 0 bridgehead atoms. The summed E-state index contributed by atoms with van der Waals surface area (Å²) in [5.74, 6) is -0.387. The number of esters is 1. The average Bonchev–Trinajstić information content (AvgIpc) is 2.67. The fourth-order valence-corrected chi connectivity index (χ4v) is 2.60. The molecule has 25 heavy (non-hydrogen) atoms. The van der Waals surface area contributed by atoms with Crippen LogP contribution in [0.3, 0.4) is 0 Å². The second kappa shape index (κ2) is 9.72. The molecule has 1 unspecified atom stereocenters. The second-order valence-electron chi connectivity index (χ2n) is 6.09. The largest absolute Gasteiger partial charge is 0.461 e. The predicted molar refractivity (Wildman–Crippen MR) is 104 cm³/mol. The van der Waals surface area contributed by atoms with Crippen LogP contribution >= 0.6 is 0 Å². The SMILES string of the molecule is CCN(CC)c1ccc(NCC(C)C(=O)OCc2ccccc2)cc1. The first-order valence-electron chi connectivity index (χ1n) is 8.93. The van der Waals surface area contributed by atoms with Crippen molar-refractivity contribution >= 4 is 17.3 Å². The summed E-state index contributed by atoms with van der Waals surface area (Å²) < 4.78 is 5.37. The quantitative estimate of drug-likeness (QED) is 0.690. The molecule has 0 aromatic heterocycles. The first kappa shape index (κ1) is 18.8. The van der Waals surface area contributed by atoms with Gasteiger partial charge in [0.15, 0.2) is 0 Å². The van der Waals surface area contributed by atoms with Crippen LogP contribution in [0.4, 0.5) is 11.4 Å². The van der Waals surface area contributed by atoms with Gasteiger partial charge in [-0.05, 0) is 43.7 Å². The fourth-order valence-electron chi connectivity index (χ4n) is 2.60. The molecule has 0 aliphatic heterocycles. The van der Waals surface area contributed by atoms with E-state index in [1.165, 1.54) is 5.69 Å². The smallest absolute Gasteiger partial charge is 0.310 e. The molecule has 0 aliphatic carbocycles. The summed E-state index contributed by atoms with van der Waals surface area (Å²) in [4.78, 5) is 14.4. The maximum Gasteiger partial charge on any atom is 0.310 e. The number of anilines is 2. The van der Waals surface area contributed by atoms with Gasteiger partial charge in [0.05, 0.1) is 5.92 Å². The molecule has 1 atom stereocenters. The van der Waals surface area contributed by atoms with E-state index in [-0.39, 0.29) is 11.9 Å². The van der Waals surface area contributed by atoms with Crippen LogP contribution in [0.5, 0.6) is 0 Å². The number of nitrogens with zero attached hydrogens (tertiary/aromatic N) is 1. The van der Waals surface area contributed by atoms with Crippen LogP contribution in [0, 0.1) is 5.92 Å². The van der Waals surface area contributed by atoms with Crippen molar-refractivity contribution in [2.45, 2.75) is 27.4 Å². The van der Waals surface area contributed by atoms with Crippen molar-refractivity contribution in [3.8, 4) is 0 Å². The topological polar surface area (TPSA) is 41.6 Å². The molecule has 0 amide bonds. The monoisotopic (exact) mass is 340 g/mol. The van der Waals surface area contributed by atoms with E-state index in [9.17, 15) is 4.79 Å². The standard InChI is InChI=1S/C21H28N2O2/c1-4-23(5-2)20-13-11-19(12-14-20)22-15-17(3)21(24)25-16-18-9-7-6-8-10-18/h6-14,17,22H,4-5,15-16H2,1-3H3. The number of rotatable bonds is 9. The summed E-state index contributed by atoms with van der Waals surface area (Å²) in [7, 11) is 0. The minimum absolute atomic E-state index is 0.184. The Labute approximate surface area is 150 Å². The Hall–Kier alpha value is -2.49. The first-order chi connectivity index (χ1) is 12.1. The third-order valence-corrected chi connectivity index (χ3v) is 4.23. The highest BCUT2D eigenvalue weighted by Gasteiger charge is 2.14. The van der Waals surface area contributed by atoms with Gasteiger partial charge in [-0.2, -0.15) is 0 Å². The molecule has 0 heterocycles. The van der Waals surface area contributed by atoms with Crippen molar-refractivity contribution in [2.75, 3.05) is 29.9 Å². The summed E-state index contributed by atoms with van der Waals surface area (Å²) in [6, 6.07) is 18.0. The Morgan fingerprint density at radius 1 is 1.04 bits per heavy atom. The molecule has 4 heteroatoms. The maximum atomic E-state index is 12.1. The van der Waals surface area contributed by atoms with Crippen molar-refractivity contribution < 1.29 is 9.53 Å². The predicted octanol–water partition coefficient (Wildman–Crippen LogP) is 4.32. The van der Waals surface area contributed by atoms with E-state index in [0.717, 1.165) is 24.3 Å². The first-order valence-corrected chi connectivity index (χ1v) is 8.93. The number of nitrogens with one attached hydrogen (secondary N) is 1. The van der Waals surface area contributed by atoms with E-state index in [4.69, 9.17) is 4.74 Å². The molecule has 134 valence electrons. The highest BCUT2D eigenvalue weighted by atomic mass is 16.5. The highest BCUT2D eigenvalue weighted by molar-refractivity contribution is 5.72. The molecular formula is C21H28N2O2. The van der Waals surface area contributed by atoms with Gasteiger partial charge in [-0.3, -0.25) is 4.79 Å². The van der Waals surface area contributed by atoms with E-state index in [1.807, 2.05) is 37.3 Å². The van der Waals surface area contributed by atoms with Crippen LogP contribution in [0.1, 0.15) is 26.3 Å². The van der Waals surface area contributed by atoms with E-state index in [0.29, 0.717) is 13.2 Å². The summed E-state index contributed by atoms with van der Waals surface area (Å²) in [6.45, 7) is 9.04.